The molecule has 0 saturated carbocycles. The van der Waals surface area contributed by atoms with Crippen LogP contribution in [0.4, 0.5) is 0 Å². The first-order valence-electron chi connectivity index (χ1n) is 19.3. The van der Waals surface area contributed by atoms with Crippen molar-refractivity contribution in [1.29, 1.82) is 0 Å². The first kappa shape index (κ1) is 30.9. The molecule has 11 aromatic rings. The maximum absolute atomic E-state index is 7.23. The fourth-order valence-electron chi connectivity index (χ4n) is 7.48. The maximum atomic E-state index is 7.23. The first-order valence-corrected chi connectivity index (χ1v) is 17.8. The van der Waals surface area contributed by atoms with Crippen LogP contribution in [0, 0.1) is 25.9 Å². The van der Waals surface area contributed by atoms with E-state index in [-0.39, 0.29) is 25.7 Å². The number of nitrogens with zero attached hydrogens (tertiary/aromatic N) is 4. The van der Waals surface area contributed by atoms with Crippen LogP contribution in [0.15, 0.2) is 162 Å². The van der Waals surface area contributed by atoms with Crippen LogP contribution in [0.5, 0.6) is 0 Å². The average molecular weight is 888 g/mol. The number of para-hydroxylation sites is 2. The minimum absolute atomic E-state index is 0. The van der Waals surface area contributed by atoms with Crippen molar-refractivity contribution in [2.75, 3.05) is 0 Å². The summed E-state index contributed by atoms with van der Waals surface area (Å²) in [5.41, 5.74) is 9.13. The van der Waals surface area contributed by atoms with Crippen LogP contribution in [0.2, 0.25) is 0 Å². The molecule has 7 aromatic carbocycles. The predicted octanol–water partition coefficient (Wildman–Crippen LogP) is 12.4. The molecule has 0 unspecified atom stereocenters. The van der Waals surface area contributed by atoms with Gasteiger partial charge < -0.3 is 14.0 Å². The standard InChI is InChI=1S/C37H22N3O.C12H10N.Ir/c1-22-33-34(29-14-7-8-17-31(29)38-22)40(25-11-3-2-4-12-25)37(39-33)30-16-9-15-27-28-21-20-24-19-18-23-10-5-6-13-26(23)32(24)36(28)41-35(27)30;1-10-7-8-12(13-9-10)11-5-3-2-4-6-11;/h2-15,17-21H,1H3;2-5,7-9H,1H3;/q2*-1;/i;1D3;. The van der Waals surface area contributed by atoms with Crippen molar-refractivity contribution in [3.05, 3.63) is 181 Å². The van der Waals surface area contributed by atoms with Gasteiger partial charge in [-0.2, -0.15) is 0 Å². The Morgan fingerprint density at radius 3 is 2.22 bits per heavy atom. The number of aromatic nitrogens is 4. The largest absolute Gasteiger partial charge is 0.500 e. The zero-order chi connectivity index (χ0) is 38.7. The van der Waals surface area contributed by atoms with E-state index in [0.717, 1.165) is 88.7 Å². The number of furan rings is 1. The summed E-state index contributed by atoms with van der Waals surface area (Å²) in [6.07, 6.45) is 1.39. The molecule has 0 aliphatic carbocycles. The fourth-order valence-corrected chi connectivity index (χ4v) is 7.48. The van der Waals surface area contributed by atoms with Gasteiger partial charge in [0.15, 0.2) is 0 Å². The fraction of sp³-hybridized carbons (Fsp3) is 0.0408. The topological polar surface area (TPSA) is 56.7 Å². The summed E-state index contributed by atoms with van der Waals surface area (Å²) in [7, 11) is 0. The number of hydrogen-bond acceptors (Lipinski definition) is 4. The quantitative estimate of drug-likeness (QED) is 0.131. The average Bonchev–Trinajstić information content (AvgIpc) is 3.85. The molecule has 55 heavy (non-hydrogen) atoms. The maximum Gasteiger partial charge on any atom is 0.129 e. The van der Waals surface area contributed by atoms with Gasteiger partial charge in [0.2, 0.25) is 0 Å². The van der Waals surface area contributed by atoms with E-state index in [0.29, 0.717) is 0 Å². The van der Waals surface area contributed by atoms with Gasteiger partial charge in [-0.15, -0.1) is 54.1 Å². The van der Waals surface area contributed by atoms with Crippen LogP contribution in [-0.2, 0) is 20.1 Å². The molecular weight excluding hydrogens is 853 g/mol. The second-order valence-electron chi connectivity index (χ2n) is 13.3. The zero-order valence-electron chi connectivity index (χ0n) is 32.5. The van der Waals surface area contributed by atoms with E-state index in [4.69, 9.17) is 18.5 Å². The van der Waals surface area contributed by atoms with Crippen LogP contribution in [-0.4, -0.2) is 19.5 Å². The van der Waals surface area contributed by atoms with Gasteiger partial charge in [0.1, 0.15) is 5.58 Å². The normalized spacial score (nSPS) is 12.3. The molecule has 0 aliphatic heterocycles. The van der Waals surface area contributed by atoms with Crippen molar-refractivity contribution >= 4 is 65.4 Å². The van der Waals surface area contributed by atoms with E-state index in [1.165, 1.54) is 17.0 Å². The molecule has 1 radical (unpaired) electrons. The number of imidazole rings is 1. The van der Waals surface area contributed by atoms with Gasteiger partial charge in [-0.05, 0) is 59.4 Å². The molecule has 0 saturated heterocycles. The smallest absolute Gasteiger partial charge is 0.129 e. The Hall–Kier alpha value is -6.46. The van der Waals surface area contributed by atoms with Gasteiger partial charge in [0, 0.05) is 52.3 Å². The molecule has 6 heteroatoms. The Morgan fingerprint density at radius 2 is 1.40 bits per heavy atom. The second-order valence-corrected chi connectivity index (χ2v) is 13.3. The van der Waals surface area contributed by atoms with E-state index in [9.17, 15) is 0 Å². The van der Waals surface area contributed by atoms with Crippen molar-refractivity contribution in [2.24, 2.45) is 0 Å². The number of benzene rings is 7. The Kier molecular flexibility index (Phi) is 7.92. The molecule has 0 bridgehead atoms. The number of rotatable bonds is 3. The SMILES string of the molecule is Cc1nc2ccccc2c2c1nc(-c1[c-]ccc3c1oc1c3ccc3ccc4ccccc4c31)n2-c1ccccc1.[2H]C([2H])([2H])c1ccc(-c2[c-]cccc2)nc1.[Ir]. The van der Waals surface area contributed by atoms with E-state index in [1.807, 2.05) is 43.3 Å². The number of aryl methyl sites for hydroxylation is 2. The molecule has 0 fully saturated rings. The Morgan fingerprint density at radius 1 is 0.636 bits per heavy atom. The summed E-state index contributed by atoms with van der Waals surface area (Å²) in [5, 5.41) is 7.87. The van der Waals surface area contributed by atoms with E-state index < -0.39 is 6.85 Å². The predicted molar refractivity (Wildman–Crippen MR) is 221 cm³/mol. The third-order valence-electron chi connectivity index (χ3n) is 9.96. The number of pyridine rings is 2. The zero-order valence-corrected chi connectivity index (χ0v) is 31.9. The Labute approximate surface area is 335 Å². The summed E-state index contributed by atoms with van der Waals surface area (Å²) in [6.45, 7) is -0.0600. The molecular formula is C49H32IrN4O-2. The Bertz CT molecular complexity index is 3290. The third-order valence-corrected chi connectivity index (χ3v) is 9.96. The summed E-state index contributed by atoms with van der Waals surface area (Å²) < 4.78 is 30.8. The third kappa shape index (κ3) is 5.88. The van der Waals surface area contributed by atoms with E-state index in [2.05, 4.69) is 119 Å². The molecule has 11 rings (SSSR count). The minimum Gasteiger partial charge on any atom is -0.500 e. The van der Waals surface area contributed by atoms with Gasteiger partial charge in [-0.3, -0.25) is 9.97 Å². The monoisotopic (exact) mass is 888 g/mol. The van der Waals surface area contributed by atoms with Crippen molar-refractivity contribution in [2.45, 2.75) is 13.8 Å². The molecule has 265 valence electrons. The number of fused-ring (bicyclic) bond motifs is 10. The molecule has 0 spiro atoms. The first-order chi connectivity index (χ1) is 27.8. The molecule has 0 amide bonds. The molecule has 0 aliphatic rings. The minimum atomic E-state index is -2.09. The van der Waals surface area contributed by atoms with Crippen LogP contribution in [0.25, 0.3) is 93.8 Å². The summed E-state index contributed by atoms with van der Waals surface area (Å²) in [4.78, 5) is 14.3. The molecule has 4 aromatic heterocycles. The van der Waals surface area contributed by atoms with Gasteiger partial charge in [0.25, 0.3) is 0 Å². The van der Waals surface area contributed by atoms with E-state index >= 15 is 0 Å². The second kappa shape index (κ2) is 14.1. The van der Waals surface area contributed by atoms with Crippen molar-refractivity contribution in [3.63, 3.8) is 0 Å². The number of hydrogen-bond donors (Lipinski definition) is 0. The Balaban J connectivity index is 0.000000217. The van der Waals surface area contributed by atoms with Crippen LogP contribution in [0.1, 0.15) is 15.4 Å². The van der Waals surface area contributed by atoms with Gasteiger partial charge in [-0.1, -0.05) is 108 Å². The summed E-state index contributed by atoms with van der Waals surface area (Å²) in [5.74, 6) is 0.784. The van der Waals surface area contributed by atoms with Crippen LogP contribution >= 0.6 is 0 Å². The molecule has 0 atom stereocenters. The van der Waals surface area contributed by atoms with Gasteiger partial charge in [-0.25, -0.2) is 0 Å². The van der Waals surface area contributed by atoms with E-state index in [1.54, 1.807) is 18.2 Å². The van der Waals surface area contributed by atoms with Crippen molar-refractivity contribution < 1.29 is 28.6 Å². The van der Waals surface area contributed by atoms with Crippen LogP contribution in [0.3, 0.4) is 0 Å². The summed E-state index contributed by atoms with van der Waals surface area (Å²) >= 11 is 0. The van der Waals surface area contributed by atoms with Crippen molar-refractivity contribution in [3.8, 4) is 28.3 Å². The molecule has 4 heterocycles. The van der Waals surface area contributed by atoms with Gasteiger partial charge >= 0.3 is 0 Å². The van der Waals surface area contributed by atoms with Crippen LogP contribution < -0.4 is 0 Å². The van der Waals surface area contributed by atoms with Gasteiger partial charge in [0.05, 0.1) is 33.7 Å². The molecule has 0 N–H and O–H groups in total. The summed E-state index contributed by atoms with van der Waals surface area (Å²) in [6, 6.07) is 57.2. The van der Waals surface area contributed by atoms with Crippen molar-refractivity contribution in [1.82, 2.24) is 19.5 Å². The molecule has 5 nitrogen and oxygen atoms in total.